The van der Waals surface area contributed by atoms with Crippen LogP contribution in [0.5, 0.6) is 0 Å². The number of hydrogen-bond acceptors (Lipinski definition) is 4. The van der Waals surface area contributed by atoms with Crippen LogP contribution in [0.3, 0.4) is 0 Å². The molecule has 0 atom stereocenters. The lowest BCUT2D eigenvalue weighted by molar-refractivity contribution is 0.0360. The highest BCUT2D eigenvalue weighted by Crippen LogP contribution is 2.14. The molecule has 1 fully saturated rings. The van der Waals surface area contributed by atoms with E-state index in [1.807, 2.05) is 0 Å². The summed E-state index contributed by atoms with van der Waals surface area (Å²) < 4.78 is 5.46. The van der Waals surface area contributed by atoms with Crippen LogP contribution in [-0.2, 0) is 17.0 Å². The highest BCUT2D eigenvalue weighted by Gasteiger charge is 2.11. The smallest absolute Gasteiger partial charge is 0.0594 e. The van der Waals surface area contributed by atoms with Crippen molar-refractivity contribution in [3.05, 3.63) is 71.8 Å². The van der Waals surface area contributed by atoms with Crippen LogP contribution in [0.2, 0.25) is 0 Å². The first-order valence-corrected chi connectivity index (χ1v) is 11.7. The second-order valence-corrected chi connectivity index (χ2v) is 8.57. The minimum Gasteiger partial charge on any atom is -0.379 e. The molecule has 0 aromatic heterocycles. The monoisotopic (exact) mass is 398 g/mol. The molecule has 0 aliphatic carbocycles. The minimum absolute atomic E-state index is 0.895. The number of benzene rings is 2. The van der Waals surface area contributed by atoms with E-state index in [0.717, 1.165) is 38.6 Å². The largest absolute Gasteiger partial charge is 0.379 e. The summed E-state index contributed by atoms with van der Waals surface area (Å²) in [5, 5.41) is 0. The van der Waals surface area contributed by atoms with Crippen molar-refractivity contribution in [1.29, 1.82) is 0 Å². The molecule has 3 nitrogen and oxygen atoms in total. The molecule has 28 heavy (non-hydrogen) atoms. The maximum Gasteiger partial charge on any atom is 0.0594 e. The zero-order valence-corrected chi connectivity index (χ0v) is 17.8. The number of hydrogen-bond donors (Lipinski definition) is 0. The van der Waals surface area contributed by atoms with Gasteiger partial charge in [0, 0.05) is 25.4 Å². The Labute approximate surface area is 175 Å². The molecule has 0 amide bonds. The van der Waals surface area contributed by atoms with Crippen molar-refractivity contribution >= 4 is 11.8 Å². The van der Waals surface area contributed by atoms with E-state index in [4.69, 9.17) is 4.74 Å². The molecule has 0 saturated carbocycles. The Kier molecular flexibility index (Phi) is 9.92. The van der Waals surface area contributed by atoms with Gasteiger partial charge in [-0.1, -0.05) is 60.7 Å². The molecule has 1 saturated heterocycles. The second kappa shape index (κ2) is 13.0. The van der Waals surface area contributed by atoms with Gasteiger partial charge in [0.05, 0.1) is 13.2 Å². The molecule has 152 valence electrons. The van der Waals surface area contributed by atoms with Gasteiger partial charge in [-0.3, -0.25) is 9.80 Å². The minimum atomic E-state index is 0.895. The van der Waals surface area contributed by atoms with Crippen molar-refractivity contribution in [2.24, 2.45) is 0 Å². The molecule has 2 aromatic carbocycles. The number of thioether (sulfide) groups is 1. The summed E-state index contributed by atoms with van der Waals surface area (Å²) >= 11 is 2.05. The third kappa shape index (κ3) is 8.36. The first kappa shape index (κ1) is 21.4. The summed E-state index contributed by atoms with van der Waals surface area (Å²) in [6.07, 6.45) is 2.49. The van der Waals surface area contributed by atoms with Crippen molar-refractivity contribution in [2.75, 3.05) is 51.7 Å². The topological polar surface area (TPSA) is 15.7 Å². The van der Waals surface area contributed by atoms with E-state index >= 15 is 0 Å². The predicted molar refractivity (Wildman–Crippen MR) is 121 cm³/mol. The SMILES string of the molecule is c1ccc(CSCCCN(CCCN2CCOCC2)Cc2ccccc2)cc1. The number of morpholine rings is 1. The molecule has 0 radical (unpaired) electrons. The Balaban J connectivity index is 1.38. The standard InChI is InChI=1S/C24H34N2OS/c1-3-9-23(10-4-1)21-26(14-7-13-25-16-18-27-19-17-25)15-8-20-28-22-24-11-5-2-6-12-24/h1-6,9-12H,7-8,13-22H2. The van der Waals surface area contributed by atoms with Crippen LogP contribution in [0, 0.1) is 0 Å². The van der Waals surface area contributed by atoms with E-state index in [0.29, 0.717) is 0 Å². The van der Waals surface area contributed by atoms with E-state index in [1.165, 1.54) is 49.4 Å². The molecule has 0 N–H and O–H groups in total. The molecule has 4 heteroatoms. The van der Waals surface area contributed by atoms with Crippen LogP contribution in [0.1, 0.15) is 24.0 Å². The van der Waals surface area contributed by atoms with E-state index in [1.54, 1.807) is 0 Å². The van der Waals surface area contributed by atoms with Gasteiger partial charge < -0.3 is 4.74 Å². The van der Waals surface area contributed by atoms with Crippen molar-refractivity contribution in [3.63, 3.8) is 0 Å². The summed E-state index contributed by atoms with van der Waals surface area (Å²) in [6, 6.07) is 21.7. The quantitative estimate of drug-likeness (QED) is 0.488. The fourth-order valence-electron chi connectivity index (χ4n) is 3.61. The summed E-state index contributed by atoms with van der Waals surface area (Å²) in [7, 11) is 0. The van der Waals surface area contributed by atoms with Crippen molar-refractivity contribution < 1.29 is 4.74 Å². The van der Waals surface area contributed by atoms with Gasteiger partial charge in [0.1, 0.15) is 0 Å². The van der Waals surface area contributed by atoms with Crippen LogP contribution >= 0.6 is 11.8 Å². The van der Waals surface area contributed by atoms with Crippen molar-refractivity contribution in [1.82, 2.24) is 9.80 Å². The lowest BCUT2D eigenvalue weighted by Crippen LogP contribution is -2.38. The fraction of sp³-hybridized carbons (Fsp3) is 0.500. The van der Waals surface area contributed by atoms with Gasteiger partial charge in [-0.05, 0) is 49.4 Å². The van der Waals surface area contributed by atoms with Crippen LogP contribution in [0.4, 0.5) is 0 Å². The lowest BCUT2D eigenvalue weighted by atomic mass is 10.2. The summed E-state index contributed by atoms with van der Waals surface area (Å²) in [4.78, 5) is 5.18. The van der Waals surface area contributed by atoms with Gasteiger partial charge in [0.2, 0.25) is 0 Å². The highest BCUT2D eigenvalue weighted by atomic mass is 32.2. The van der Waals surface area contributed by atoms with Crippen molar-refractivity contribution in [3.8, 4) is 0 Å². The number of ether oxygens (including phenoxy) is 1. The first-order valence-electron chi connectivity index (χ1n) is 10.6. The van der Waals surface area contributed by atoms with Crippen molar-refractivity contribution in [2.45, 2.75) is 25.1 Å². The third-order valence-corrected chi connectivity index (χ3v) is 6.29. The summed E-state index contributed by atoms with van der Waals surface area (Å²) in [5.41, 5.74) is 2.85. The van der Waals surface area contributed by atoms with E-state index in [-0.39, 0.29) is 0 Å². The van der Waals surface area contributed by atoms with Gasteiger partial charge >= 0.3 is 0 Å². The number of nitrogens with zero attached hydrogens (tertiary/aromatic N) is 2. The summed E-state index contributed by atoms with van der Waals surface area (Å²) in [6.45, 7) is 8.59. The van der Waals surface area contributed by atoms with Gasteiger partial charge in [0.15, 0.2) is 0 Å². The van der Waals surface area contributed by atoms with E-state index in [9.17, 15) is 0 Å². The Bertz CT molecular complexity index is 632. The van der Waals surface area contributed by atoms with Gasteiger partial charge in [0.25, 0.3) is 0 Å². The van der Waals surface area contributed by atoms with Crippen LogP contribution in [-0.4, -0.2) is 61.5 Å². The molecule has 0 spiro atoms. The molecule has 2 aromatic rings. The molecule has 1 heterocycles. The third-order valence-electron chi connectivity index (χ3n) is 5.18. The molecule has 1 aliphatic heterocycles. The molecular formula is C24H34N2OS. The second-order valence-electron chi connectivity index (χ2n) is 7.46. The Morgan fingerprint density at radius 1 is 0.821 bits per heavy atom. The zero-order chi connectivity index (χ0) is 19.3. The Hall–Kier alpha value is -1.33. The average molecular weight is 399 g/mol. The predicted octanol–water partition coefficient (Wildman–Crippen LogP) is 4.53. The fourth-order valence-corrected chi connectivity index (χ4v) is 4.51. The molecular weight excluding hydrogens is 364 g/mol. The van der Waals surface area contributed by atoms with E-state index < -0.39 is 0 Å². The van der Waals surface area contributed by atoms with Gasteiger partial charge in [-0.2, -0.15) is 11.8 Å². The number of rotatable bonds is 12. The molecule has 3 rings (SSSR count). The lowest BCUT2D eigenvalue weighted by Gasteiger charge is -2.28. The van der Waals surface area contributed by atoms with Crippen LogP contribution in [0.25, 0.3) is 0 Å². The van der Waals surface area contributed by atoms with Gasteiger partial charge in [-0.15, -0.1) is 0 Å². The molecule has 1 aliphatic rings. The highest BCUT2D eigenvalue weighted by molar-refractivity contribution is 7.98. The average Bonchev–Trinajstić information content (AvgIpc) is 2.75. The molecule has 0 unspecified atom stereocenters. The molecule has 0 bridgehead atoms. The maximum atomic E-state index is 5.46. The summed E-state index contributed by atoms with van der Waals surface area (Å²) in [5.74, 6) is 2.35. The normalized spacial score (nSPS) is 15.2. The zero-order valence-electron chi connectivity index (χ0n) is 17.0. The van der Waals surface area contributed by atoms with Gasteiger partial charge in [-0.25, -0.2) is 0 Å². The van der Waals surface area contributed by atoms with Crippen LogP contribution in [0.15, 0.2) is 60.7 Å². The Morgan fingerprint density at radius 3 is 2.18 bits per heavy atom. The Morgan fingerprint density at radius 2 is 1.46 bits per heavy atom. The van der Waals surface area contributed by atoms with E-state index in [2.05, 4.69) is 82.2 Å². The first-order chi connectivity index (χ1) is 13.9. The van der Waals surface area contributed by atoms with Crippen LogP contribution < -0.4 is 0 Å². The maximum absolute atomic E-state index is 5.46.